The van der Waals surface area contributed by atoms with Gasteiger partial charge in [-0.2, -0.15) is 0 Å². The molecule has 2 unspecified atom stereocenters. The van der Waals surface area contributed by atoms with Crippen molar-refractivity contribution in [3.8, 4) is 0 Å². The van der Waals surface area contributed by atoms with Gasteiger partial charge in [-0.05, 0) is 49.4 Å². The highest BCUT2D eigenvalue weighted by Gasteiger charge is 2.41. The molecule has 0 amide bonds. The van der Waals surface area contributed by atoms with E-state index in [0.29, 0.717) is 17.4 Å². The van der Waals surface area contributed by atoms with E-state index in [2.05, 4.69) is 24.1 Å². The lowest BCUT2D eigenvalue weighted by molar-refractivity contribution is 0.263. The minimum Gasteiger partial charge on any atom is -0.374 e. The standard InChI is InChI=1S/C16H25FN2/c1-16(2)9-8-12(15(16)18-3)11-19(4)14-7-5-6-13(17)10-14/h5-7,10,12,15,18H,8-9,11H2,1-4H3. The second-order valence-electron chi connectivity index (χ2n) is 6.41. The van der Waals surface area contributed by atoms with Gasteiger partial charge < -0.3 is 10.2 Å². The number of halogens is 1. The number of rotatable bonds is 4. The normalized spacial score (nSPS) is 25.5. The van der Waals surface area contributed by atoms with Gasteiger partial charge in [0, 0.05) is 25.3 Å². The Kier molecular flexibility index (Phi) is 4.14. The molecule has 0 bridgehead atoms. The van der Waals surface area contributed by atoms with Crippen LogP contribution in [0.5, 0.6) is 0 Å². The number of anilines is 1. The summed E-state index contributed by atoms with van der Waals surface area (Å²) in [5, 5.41) is 3.47. The fourth-order valence-electron chi connectivity index (χ4n) is 3.51. The van der Waals surface area contributed by atoms with E-state index in [1.165, 1.54) is 18.9 Å². The summed E-state index contributed by atoms with van der Waals surface area (Å²) < 4.78 is 13.3. The first kappa shape index (κ1) is 14.3. The van der Waals surface area contributed by atoms with Gasteiger partial charge in [0.05, 0.1) is 0 Å². The molecule has 0 radical (unpaired) electrons. The lowest BCUT2D eigenvalue weighted by Gasteiger charge is -2.33. The first-order valence-corrected chi connectivity index (χ1v) is 7.08. The lowest BCUT2D eigenvalue weighted by atomic mass is 9.85. The molecule has 1 aromatic carbocycles. The highest BCUT2D eigenvalue weighted by Crippen LogP contribution is 2.41. The van der Waals surface area contributed by atoms with Crippen LogP contribution < -0.4 is 10.2 Å². The molecule has 1 fully saturated rings. The van der Waals surface area contributed by atoms with Gasteiger partial charge in [-0.1, -0.05) is 19.9 Å². The maximum atomic E-state index is 13.3. The van der Waals surface area contributed by atoms with E-state index in [1.807, 2.05) is 20.2 Å². The van der Waals surface area contributed by atoms with Gasteiger partial charge in [0.15, 0.2) is 0 Å². The maximum absolute atomic E-state index is 13.3. The molecule has 3 heteroatoms. The minimum absolute atomic E-state index is 0.165. The molecule has 0 heterocycles. The summed E-state index contributed by atoms with van der Waals surface area (Å²) in [5.74, 6) is 0.453. The average Bonchev–Trinajstić information content (AvgIpc) is 2.64. The molecule has 2 atom stereocenters. The molecule has 2 rings (SSSR count). The molecular formula is C16H25FN2. The second kappa shape index (κ2) is 5.49. The van der Waals surface area contributed by atoms with Crippen LogP contribution in [0.3, 0.4) is 0 Å². The van der Waals surface area contributed by atoms with Crippen LogP contribution in [0.2, 0.25) is 0 Å². The Bertz CT molecular complexity index is 431. The summed E-state index contributed by atoms with van der Waals surface area (Å²) in [5.41, 5.74) is 1.31. The van der Waals surface area contributed by atoms with Crippen LogP contribution in [0.1, 0.15) is 26.7 Å². The van der Waals surface area contributed by atoms with Crippen molar-refractivity contribution in [2.75, 3.05) is 25.5 Å². The molecule has 1 aromatic rings. The largest absolute Gasteiger partial charge is 0.374 e. The van der Waals surface area contributed by atoms with E-state index in [9.17, 15) is 4.39 Å². The molecule has 0 aromatic heterocycles. The zero-order valence-electron chi connectivity index (χ0n) is 12.4. The third-order valence-corrected chi connectivity index (χ3v) is 4.54. The van der Waals surface area contributed by atoms with Crippen molar-refractivity contribution in [3.63, 3.8) is 0 Å². The maximum Gasteiger partial charge on any atom is 0.125 e. The molecule has 19 heavy (non-hydrogen) atoms. The van der Waals surface area contributed by atoms with Crippen molar-refractivity contribution in [3.05, 3.63) is 30.1 Å². The minimum atomic E-state index is -0.165. The van der Waals surface area contributed by atoms with Crippen molar-refractivity contribution in [2.24, 2.45) is 11.3 Å². The van der Waals surface area contributed by atoms with Crippen LogP contribution in [-0.4, -0.2) is 26.7 Å². The van der Waals surface area contributed by atoms with Crippen LogP contribution in [0.25, 0.3) is 0 Å². The molecule has 1 saturated carbocycles. The van der Waals surface area contributed by atoms with Crippen LogP contribution in [-0.2, 0) is 0 Å². The highest BCUT2D eigenvalue weighted by molar-refractivity contribution is 5.45. The highest BCUT2D eigenvalue weighted by atomic mass is 19.1. The number of hydrogen-bond acceptors (Lipinski definition) is 2. The summed E-state index contributed by atoms with van der Waals surface area (Å²) in [6.07, 6.45) is 2.48. The lowest BCUT2D eigenvalue weighted by Crippen LogP contribution is -2.43. The Morgan fingerprint density at radius 3 is 2.79 bits per heavy atom. The summed E-state index contributed by atoms with van der Waals surface area (Å²) in [6, 6.07) is 7.37. The van der Waals surface area contributed by atoms with Gasteiger partial charge in [-0.25, -0.2) is 4.39 Å². The molecule has 1 N–H and O–H groups in total. The van der Waals surface area contributed by atoms with Crippen molar-refractivity contribution in [1.29, 1.82) is 0 Å². The van der Waals surface area contributed by atoms with Crippen LogP contribution >= 0.6 is 0 Å². The van der Waals surface area contributed by atoms with Gasteiger partial charge in [0.2, 0.25) is 0 Å². The third-order valence-electron chi connectivity index (χ3n) is 4.54. The number of nitrogens with zero attached hydrogens (tertiary/aromatic N) is 1. The summed E-state index contributed by atoms with van der Waals surface area (Å²) >= 11 is 0. The zero-order chi connectivity index (χ0) is 14.0. The van der Waals surface area contributed by atoms with E-state index < -0.39 is 0 Å². The number of nitrogens with one attached hydrogen (secondary N) is 1. The molecule has 0 aliphatic heterocycles. The van der Waals surface area contributed by atoms with Crippen molar-refractivity contribution in [1.82, 2.24) is 5.32 Å². The number of hydrogen-bond donors (Lipinski definition) is 1. The fraction of sp³-hybridized carbons (Fsp3) is 0.625. The van der Waals surface area contributed by atoms with E-state index in [4.69, 9.17) is 0 Å². The SMILES string of the molecule is CNC1C(CN(C)c2cccc(F)c2)CCC1(C)C. The van der Waals surface area contributed by atoms with E-state index in [0.717, 1.165) is 12.2 Å². The molecule has 1 aliphatic carbocycles. The monoisotopic (exact) mass is 264 g/mol. The summed E-state index contributed by atoms with van der Waals surface area (Å²) in [7, 11) is 4.10. The van der Waals surface area contributed by atoms with Gasteiger partial charge in [0.1, 0.15) is 5.82 Å². The molecule has 1 aliphatic rings. The fourth-order valence-corrected chi connectivity index (χ4v) is 3.51. The quantitative estimate of drug-likeness (QED) is 0.897. The second-order valence-corrected chi connectivity index (χ2v) is 6.41. The van der Waals surface area contributed by atoms with Gasteiger partial charge in [0.25, 0.3) is 0 Å². The molecular weight excluding hydrogens is 239 g/mol. The molecule has 0 saturated heterocycles. The average molecular weight is 264 g/mol. The van der Waals surface area contributed by atoms with E-state index in [1.54, 1.807) is 12.1 Å². The van der Waals surface area contributed by atoms with Crippen LogP contribution in [0, 0.1) is 17.2 Å². The third kappa shape index (κ3) is 3.08. The smallest absolute Gasteiger partial charge is 0.125 e. The van der Waals surface area contributed by atoms with Crippen molar-refractivity contribution < 1.29 is 4.39 Å². The first-order chi connectivity index (χ1) is 8.94. The van der Waals surface area contributed by atoms with Crippen molar-refractivity contribution in [2.45, 2.75) is 32.7 Å². The first-order valence-electron chi connectivity index (χ1n) is 7.08. The predicted molar refractivity (Wildman–Crippen MR) is 79.0 cm³/mol. The van der Waals surface area contributed by atoms with E-state index in [-0.39, 0.29) is 5.82 Å². The van der Waals surface area contributed by atoms with E-state index >= 15 is 0 Å². The summed E-state index contributed by atoms with van der Waals surface area (Å²) in [6.45, 7) is 5.63. The Labute approximate surface area is 116 Å². The Morgan fingerprint density at radius 1 is 1.42 bits per heavy atom. The van der Waals surface area contributed by atoms with Crippen molar-refractivity contribution >= 4 is 5.69 Å². The molecule has 106 valence electrons. The molecule has 0 spiro atoms. The van der Waals surface area contributed by atoms with Crippen LogP contribution in [0.15, 0.2) is 24.3 Å². The van der Waals surface area contributed by atoms with Crippen LogP contribution in [0.4, 0.5) is 10.1 Å². The predicted octanol–water partition coefficient (Wildman–Crippen LogP) is 3.29. The zero-order valence-corrected chi connectivity index (χ0v) is 12.4. The van der Waals surface area contributed by atoms with Gasteiger partial charge in [-0.3, -0.25) is 0 Å². The Hall–Kier alpha value is -1.09. The topological polar surface area (TPSA) is 15.3 Å². The Morgan fingerprint density at radius 2 is 2.16 bits per heavy atom. The Balaban J connectivity index is 2.05. The number of benzene rings is 1. The van der Waals surface area contributed by atoms with Gasteiger partial charge >= 0.3 is 0 Å². The summed E-state index contributed by atoms with van der Waals surface area (Å²) in [4.78, 5) is 2.17. The van der Waals surface area contributed by atoms with Gasteiger partial charge in [-0.15, -0.1) is 0 Å². The molecule has 2 nitrogen and oxygen atoms in total.